The van der Waals surface area contributed by atoms with Crippen LogP contribution >= 0.6 is 15.9 Å². The summed E-state index contributed by atoms with van der Waals surface area (Å²) in [4.78, 5) is 27.2. The van der Waals surface area contributed by atoms with Crippen LogP contribution in [0.4, 0.5) is 11.4 Å². The zero-order valence-corrected chi connectivity index (χ0v) is 11.8. The number of carbonyl (C=O) groups is 1. The van der Waals surface area contributed by atoms with Gasteiger partial charge in [0.2, 0.25) is 5.91 Å². The highest BCUT2D eigenvalue weighted by molar-refractivity contribution is 9.10. The van der Waals surface area contributed by atoms with Gasteiger partial charge in [0.25, 0.3) is 0 Å². The van der Waals surface area contributed by atoms with E-state index in [1.807, 2.05) is 0 Å². The first-order chi connectivity index (χ1) is 8.34. The van der Waals surface area contributed by atoms with Gasteiger partial charge in [-0.2, -0.15) is 0 Å². The molecule has 1 rings (SSSR count). The minimum atomic E-state index is -0.572. The van der Waals surface area contributed by atoms with Crippen LogP contribution in [0.3, 0.4) is 0 Å². The lowest BCUT2D eigenvalue weighted by atomic mass is 10.2. The van der Waals surface area contributed by atoms with Gasteiger partial charge in [-0.05, 0) is 22.9 Å². The lowest BCUT2D eigenvalue weighted by Crippen LogP contribution is -2.36. The molecule has 1 N–H and O–H groups in total. The van der Waals surface area contributed by atoms with E-state index in [1.165, 1.54) is 11.1 Å². The average Bonchev–Trinajstić information content (AvgIpc) is 2.30. The van der Waals surface area contributed by atoms with E-state index < -0.39 is 11.0 Å². The molecule has 18 heavy (non-hydrogen) atoms. The number of rotatable bonds is 4. The number of hydrogen-bond donors (Lipinski definition) is 1. The number of pyridine rings is 1. The predicted molar refractivity (Wildman–Crippen MR) is 70.4 cm³/mol. The molecule has 1 aromatic heterocycles. The topological polar surface area (TPSA) is 88.4 Å². The molecule has 1 atom stereocenters. The van der Waals surface area contributed by atoms with Crippen molar-refractivity contribution in [2.75, 3.05) is 19.4 Å². The van der Waals surface area contributed by atoms with Gasteiger partial charge in [-0.1, -0.05) is 0 Å². The third-order valence-corrected chi connectivity index (χ3v) is 2.85. The van der Waals surface area contributed by atoms with Gasteiger partial charge in [0, 0.05) is 20.3 Å². The van der Waals surface area contributed by atoms with Crippen molar-refractivity contribution in [1.29, 1.82) is 0 Å². The van der Waals surface area contributed by atoms with Crippen molar-refractivity contribution in [1.82, 2.24) is 9.88 Å². The summed E-state index contributed by atoms with van der Waals surface area (Å²) in [6, 6.07) is -0.572. The van der Waals surface area contributed by atoms with E-state index in [-0.39, 0.29) is 17.3 Å². The number of aromatic nitrogens is 1. The van der Waals surface area contributed by atoms with E-state index >= 15 is 0 Å². The highest BCUT2D eigenvalue weighted by Gasteiger charge is 2.22. The summed E-state index contributed by atoms with van der Waals surface area (Å²) in [5, 5.41) is 13.7. The van der Waals surface area contributed by atoms with E-state index in [1.54, 1.807) is 21.0 Å². The molecule has 7 nitrogen and oxygen atoms in total. The molecule has 0 aliphatic rings. The number of likely N-dealkylation sites (N-methyl/N-ethyl adjacent to an activating group) is 1. The third kappa shape index (κ3) is 3.16. The predicted octanol–water partition coefficient (Wildman–Crippen LogP) is 1.64. The largest absolute Gasteiger partial charge is 0.367 e. The Hall–Kier alpha value is -1.70. The van der Waals surface area contributed by atoms with E-state index in [9.17, 15) is 14.9 Å². The molecule has 0 fully saturated rings. The minimum absolute atomic E-state index is 0.173. The third-order valence-electron chi connectivity index (χ3n) is 2.25. The lowest BCUT2D eigenvalue weighted by molar-refractivity contribution is -0.384. The molecule has 0 aliphatic heterocycles. The number of nitrogens with zero attached hydrogens (tertiary/aromatic N) is 3. The van der Waals surface area contributed by atoms with Crippen molar-refractivity contribution in [2.45, 2.75) is 13.0 Å². The number of anilines is 1. The number of nitrogens with one attached hydrogen (secondary N) is 1. The Kier molecular flexibility index (Phi) is 4.60. The molecule has 8 heteroatoms. The molecule has 1 aromatic rings. The summed E-state index contributed by atoms with van der Waals surface area (Å²) in [6.45, 7) is 1.64. The second kappa shape index (κ2) is 5.76. The summed E-state index contributed by atoms with van der Waals surface area (Å²) >= 11 is 3.18. The monoisotopic (exact) mass is 316 g/mol. The van der Waals surface area contributed by atoms with Gasteiger partial charge in [0.15, 0.2) is 0 Å². The van der Waals surface area contributed by atoms with Crippen molar-refractivity contribution >= 4 is 33.2 Å². The zero-order valence-electron chi connectivity index (χ0n) is 10.2. The van der Waals surface area contributed by atoms with E-state index in [4.69, 9.17) is 0 Å². The van der Waals surface area contributed by atoms with Crippen LogP contribution in [0, 0.1) is 10.1 Å². The second-order valence-electron chi connectivity index (χ2n) is 3.87. The second-order valence-corrected chi connectivity index (χ2v) is 4.73. The van der Waals surface area contributed by atoms with Crippen molar-refractivity contribution in [3.8, 4) is 0 Å². The Morgan fingerprint density at radius 2 is 2.17 bits per heavy atom. The molecule has 0 aliphatic carbocycles. The van der Waals surface area contributed by atoms with E-state index in [0.717, 1.165) is 6.20 Å². The Morgan fingerprint density at radius 3 is 2.67 bits per heavy atom. The van der Waals surface area contributed by atoms with Gasteiger partial charge in [-0.3, -0.25) is 19.9 Å². The van der Waals surface area contributed by atoms with Crippen molar-refractivity contribution in [3.63, 3.8) is 0 Å². The maximum Gasteiger partial charge on any atom is 0.311 e. The number of amides is 1. The number of nitro groups is 1. The summed E-state index contributed by atoms with van der Waals surface area (Å²) in [7, 11) is 3.24. The molecule has 1 heterocycles. The summed E-state index contributed by atoms with van der Waals surface area (Å²) in [5.41, 5.74) is 0.0699. The van der Waals surface area contributed by atoms with Crippen LogP contribution in [-0.4, -0.2) is 40.9 Å². The highest BCUT2D eigenvalue weighted by atomic mass is 79.9. The molecule has 98 valence electrons. The van der Waals surface area contributed by atoms with Gasteiger partial charge in [-0.15, -0.1) is 0 Å². The Bertz CT molecular complexity index is 478. The molecular weight excluding hydrogens is 304 g/mol. The Labute approximate surface area is 112 Å². The average molecular weight is 317 g/mol. The van der Waals surface area contributed by atoms with Gasteiger partial charge in [-0.25, -0.2) is 0 Å². The molecule has 0 saturated heterocycles. The standard InChI is InChI=1S/C10H13BrN4O3/c1-6(10(16)14(2)3)13-9-7(11)4-12-5-8(9)15(17)18/h4-6H,1-3H3,(H,12,13). The normalized spacial score (nSPS) is 11.8. The van der Waals surface area contributed by atoms with E-state index in [0.29, 0.717) is 4.47 Å². The molecule has 0 radical (unpaired) electrons. The van der Waals surface area contributed by atoms with Gasteiger partial charge in [0.05, 0.1) is 9.40 Å². The Morgan fingerprint density at radius 1 is 1.56 bits per heavy atom. The van der Waals surface area contributed by atoms with Gasteiger partial charge < -0.3 is 10.2 Å². The van der Waals surface area contributed by atoms with Crippen LogP contribution in [0.25, 0.3) is 0 Å². The first kappa shape index (κ1) is 14.4. The molecule has 0 aromatic carbocycles. The van der Waals surface area contributed by atoms with Crippen molar-refractivity contribution in [2.24, 2.45) is 0 Å². The summed E-state index contributed by atoms with van der Waals surface area (Å²) < 4.78 is 0.440. The minimum Gasteiger partial charge on any atom is -0.367 e. The van der Waals surface area contributed by atoms with Crippen molar-refractivity contribution in [3.05, 3.63) is 27.0 Å². The summed E-state index contributed by atoms with van der Waals surface area (Å²) in [5.74, 6) is -0.173. The van der Waals surface area contributed by atoms with Crippen LogP contribution in [0.2, 0.25) is 0 Å². The number of hydrogen-bond acceptors (Lipinski definition) is 5. The lowest BCUT2D eigenvalue weighted by Gasteiger charge is -2.19. The first-order valence-corrected chi connectivity index (χ1v) is 5.89. The van der Waals surface area contributed by atoms with Gasteiger partial charge in [0.1, 0.15) is 17.9 Å². The first-order valence-electron chi connectivity index (χ1n) is 5.10. The molecule has 0 saturated carbocycles. The maximum absolute atomic E-state index is 11.7. The van der Waals surface area contributed by atoms with Gasteiger partial charge >= 0.3 is 5.69 Å². The van der Waals surface area contributed by atoms with E-state index in [2.05, 4.69) is 26.2 Å². The van der Waals surface area contributed by atoms with Crippen LogP contribution < -0.4 is 5.32 Å². The smallest absolute Gasteiger partial charge is 0.311 e. The zero-order chi connectivity index (χ0) is 13.9. The maximum atomic E-state index is 11.7. The SMILES string of the molecule is CC(Nc1c(Br)cncc1[N+](=O)[O-])C(=O)N(C)C. The summed E-state index contributed by atoms with van der Waals surface area (Å²) in [6.07, 6.45) is 2.57. The van der Waals surface area contributed by atoms with Crippen LogP contribution in [0.1, 0.15) is 6.92 Å². The Balaban J connectivity index is 3.04. The molecule has 0 bridgehead atoms. The number of carbonyl (C=O) groups excluding carboxylic acids is 1. The molecule has 1 unspecified atom stereocenters. The van der Waals surface area contributed by atoms with Crippen molar-refractivity contribution < 1.29 is 9.72 Å². The molecule has 0 spiro atoms. The van der Waals surface area contributed by atoms with Crippen LogP contribution in [0.5, 0.6) is 0 Å². The molecular formula is C10H13BrN4O3. The number of halogens is 1. The van der Waals surface area contributed by atoms with Crippen LogP contribution in [0.15, 0.2) is 16.9 Å². The quantitative estimate of drug-likeness (QED) is 0.674. The fraction of sp³-hybridized carbons (Fsp3) is 0.400. The fourth-order valence-electron chi connectivity index (χ4n) is 1.37. The fourth-order valence-corrected chi connectivity index (χ4v) is 1.81. The molecule has 1 amide bonds. The van der Waals surface area contributed by atoms with Crippen LogP contribution in [-0.2, 0) is 4.79 Å². The highest BCUT2D eigenvalue weighted by Crippen LogP contribution is 2.31.